The lowest BCUT2D eigenvalue weighted by atomic mass is 10.1. The third-order valence-electron chi connectivity index (χ3n) is 1.53. The number of aldehydes is 1. The van der Waals surface area contributed by atoms with E-state index in [0.717, 1.165) is 0 Å². The maximum absolute atomic E-state index is 10.5. The van der Waals surface area contributed by atoms with Gasteiger partial charge in [-0.1, -0.05) is 6.07 Å². The van der Waals surface area contributed by atoms with E-state index in [2.05, 4.69) is 0 Å². The monoisotopic (exact) mass is 173 g/mol. The number of rotatable bonds is 2. The maximum Gasteiger partial charge on any atom is 0.150 e. The van der Waals surface area contributed by atoms with Gasteiger partial charge in [-0.3, -0.25) is 4.79 Å². The molecule has 0 bridgehead atoms. The van der Waals surface area contributed by atoms with E-state index >= 15 is 0 Å². The standard InChI is InChI=1S/C10H7NO2/c11-5-1-2-8-3-4-10(13)6-9(8)7-12/h1-4,6-7,13H. The van der Waals surface area contributed by atoms with Gasteiger partial charge in [0.05, 0.1) is 6.07 Å². The quantitative estimate of drug-likeness (QED) is 0.547. The first-order valence-electron chi connectivity index (χ1n) is 3.62. The average Bonchev–Trinajstić information content (AvgIpc) is 2.16. The Balaban J connectivity index is 3.15. The molecular weight excluding hydrogens is 166 g/mol. The van der Waals surface area contributed by atoms with Crippen molar-refractivity contribution in [2.45, 2.75) is 0 Å². The van der Waals surface area contributed by atoms with Gasteiger partial charge in [0.2, 0.25) is 0 Å². The summed E-state index contributed by atoms with van der Waals surface area (Å²) in [6.07, 6.45) is 3.43. The first kappa shape index (κ1) is 9.01. The van der Waals surface area contributed by atoms with E-state index in [4.69, 9.17) is 10.4 Å². The molecule has 0 radical (unpaired) electrons. The first-order chi connectivity index (χ1) is 6.27. The van der Waals surface area contributed by atoms with Gasteiger partial charge in [-0.2, -0.15) is 5.26 Å². The Bertz CT molecular complexity index is 388. The summed E-state index contributed by atoms with van der Waals surface area (Å²) in [6.45, 7) is 0. The second-order valence-corrected chi connectivity index (χ2v) is 2.39. The molecule has 0 saturated heterocycles. The lowest BCUT2D eigenvalue weighted by Crippen LogP contribution is -1.84. The Labute approximate surface area is 75.5 Å². The van der Waals surface area contributed by atoms with Crippen LogP contribution in [0.1, 0.15) is 15.9 Å². The molecule has 0 amide bonds. The van der Waals surface area contributed by atoms with Gasteiger partial charge in [0, 0.05) is 11.6 Å². The summed E-state index contributed by atoms with van der Waals surface area (Å²) in [5.74, 6) is 0.0382. The van der Waals surface area contributed by atoms with Crippen molar-refractivity contribution < 1.29 is 9.90 Å². The summed E-state index contributed by atoms with van der Waals surface area (Å²) in [4.78, 5) is 10.5. The number of phenolic OH excluding ortho intramolecular Hbond substituents is 1. The van der Waals surface area contributed by atoms with Gasteiger partial charge >= 0.3 is 0 Å². The lowest BCUT2D eigenvalue weighted by Gasteiger charge is -1.98. The Morgan fingerprint density at radius 1 is 1.38 bits per heavy atom. The zero-order valence-electron chi connectivity index (χ0n) is 6.77. The number of hydrogen-bond donors (Lipinski definition) is 1. The molecule has 1 aromatic carbocycles. The minimum Gasteiger partial charge on any atom is -0.508 e. The van der Waals surface area contributed by atoms with Crippen LogP contribution in [-0.4, -0.2) is 11.4 Å². The van der Waals surface area contributed by atoms with E-state index in [1.165, 1.54) is 24.3 Å². The van der Waals surface area contributed by atoms with Crippen molar-refractivity contribution >= 4 is 12.4 Å². The van der Waals surface area contributed by atoms with Crippen molar-refractivity contribution in [2.75, 3.05) is 0 Å². The minimum atomic E-state index is 0.0382. The smallest absolute Gasteiger partial charge is 0.150 e. The topological polar surface area (TPSA) is 61.1 Å². The number of hydrogen-bond acceptors (Lipinski definition) is 3. The highest BCUT2D eigenvalue weighted by Crippen LogP contribution is 2.15. The van der Waals surface area contributed by atoms with E-state index < -0.39 is 0 Å². The van der Waals surface area contributed by atoms with Crippen LogP contribution in [-0.2, 0) is 0 Å². The molecule has 13 heavy (non-hydrogen) atoms. The van der Waals surface area contributed by atoms with Crippen LogP contribution >= 0.6 is 0 Å². The highest BCUT2D eigenvalue weighted by atomic mass is 16.3. The summed E-state index contributed by atoms with van der Waals surface area (Å²) in [5.41, 5.74) is 0.987. The maximum atomic E-state index is 10.5. The third kappa shape index (κ3) is 2.17. The van der Waals surface area contributed by atoms with E-state index in [1.807, 2.05) is 6.07 Å². The number of allylic oxidation sites excluding steroid dienone is 1. The minimum absolute atomic E-state index is 0.0382. The molecule has 3 heteroatoms. The molecule has 3 nitrogen and oxygen atoms in total. The predicted octanol–water partition coefficient (Wildman–Crippen LogP) is 1.74. The predicted molar refractivity (Wildman–Crippen MR) is 48.1 cm³/mol. The van der Waals surface area contributed by atoms with E-state index in [-0.39, 0.29) is 5.75 Å². The van der Waals surface area contributed by atoms with Crippen molar-refractivity contribution in [2.24, 2.45) is 0 Å². The Kier molecular flexibility index (Phi) is 2.82. The molecule has 1 N–H and O–H groups in total. The van der Waals surface area contributed by atoms with Crippen molar-refractivity contribution in [3.8, 4) is 11.8 Å². The number of benzene rings is 1. The fourth-order valence-corrected chi connectivity index (χ4v) is 0.943. The molecular formula is C10H7NO2. The molecule has 0 heterocycles. The van der Waals surface area contributed by atoms with Gasteiger partial charge in [-0.25, -0.2) is 0 Å². The van der Waals surface area contributed by atoms with Crippen molar-refractivity contribution in [3.63, 3.8) is 0 Å². The van der Waals surface area contributed by atoms with Gasteiger partial charge < -0.3 is 5.11 Å². The number of phenols is 1. The lowest BCUT2D eigenvalue weighted by molar-refractivity contribution is 0.112. The molecule has 0 aliphatic heterocycles. The van der Waals surface area contributed by atoms with Gasteiger partial charge in [0.15, 0.2) is 6.29 Å². The summed E-state index contributed by atoms with van der Waals surface area (Å²) in [5, 5.41) is 17.3. The average molecular weight is 173 g/mol. The summed E-state index contributed by atoms with van der Waals surface area (Å²) in [7, 11) is 0. The van der Waals surface area contributed by atoms with Crippen molar-refractivity contribution in [1.82, 2.24) is 0 Å². The van der Waals surface area contributed by atoms with Gasteiger partial charge in [-0.15, -0.1) is 0 Å². The normalized spacial score (nSPS) is 9.77. The zero-order chi connectivity index (χ0) is 9.68. The number of carbonyl (C=O) groups is 1. The fraction of sp³-hybridized carbons (Fsp3) is 0. The van der Waals surface area contributed by atoms with E-state index in [9.17, 15) is 4.79 Å². The van der Waals surface area contributed by atoms with Crippen LogP contribution in [0.25, 0.3) is 6.08 Å². The molecule has 0 aromatic heterocycles. The fourth-order valence-electron chi connectivity index (χ4n) is 0.943. The summed E-state index contributed by atoms with van der Waals surface area (Å²) >= 11 is 0. The second-order valence-electron chi connectivity index (χ2n) is 2.39. The van der Waals surface area contributed by atoms with Crippen LogP contribution in [0.15, 0.2) is 24.3 Å². The third-order valence-corrected chi connectivity index (χ3v) is 1.53. The van der Waals surface area contributed by atoms with E-state index in [0.29, 0.717) is 17.4 Å². The summed E-state index contributed by atoms with van der Waals surface area (Å²) < 4.78 is 0. The largest absolute Gasteiger partial charge is 0.508 e. The van der Waals surface area contributed by atoms with Crippen molar-refractivity contribution in [1.29, 1.82) is 5.26 Å². The van der Waals surface area contributed by atoms with Gasteiger partial charge in [0.25, 0.3) is 0 Å². The molecule has 0 saturated carbocycles. The molecule has 0 aliphatic carbocycles. The highest BCUT2D eigenvalue weighted by molar-refractivity contribution is 5.82. The molecule has 0 unspecified atom stereocenters. The molecule has 0 fully saturated rings. The SMILES string of the molecule is N#CC=Cc1ccc(O)cc1C=O. The van der Waals surface area contributed by atoms with Crippen molar-refractivity contribution in [3.05, 3.63) is 35.4 Å². The molecule has 0 atom stereocenters. The van der Waals surface area contributed by atoms with Crippen LogP contribution in [0.3, 0.4) is 0 Å². The van der Waals surface area contributed by atoms with E-state index in [1.54, 1.807) is 6.07 Å². The number of nitrogens with zero attached hydrogens (tertiary/aromatic N) is 1. The van der Waals surface area contributed by atoms with Crippen LogP contribution < -0.4 is 0 Å². The van der Waals surface area contributed by atoms with Gasteiger partial charge in [-0.05, 0) is 23.8 Å². The summed E-state index contributed by atoms with van der Waals surface area (Å²) in [6, 6.07) is 6.21. The molecule has 0 aliphatic rings. The highest BCUT2D eigenvalue weighted by Gasteiger charge is 1.98. The van der Waals surface area contributed by atoms with Crippen LogP contribution in [0.4, 0.5) is 0 Å². The van der Waals surface area contributed by atoms with Gasteiger partial charge in [0.1, 0.15) is 5.75 Å². The Hall–Kier alpha value is -2.08. The second kappa shape index (κ2) is 4.07. The number of nitriles is 1. The number of carbonyl (C=O) groups excluding carboxylic acids is 1. The zero-order valence-corrected chi connectivity index (χ0v) is 6.77. The first-order valence-corrected chi connectivity index (χ1v) is 3.62. The Morgan fingerprint density at radius 3 is 2.77 bits per heavy atom. The molecule has 64 valence electrons. The van der Waals surface area contributed by atoms with Crippen LogP contribution in [0, 0.1) is 11.3 Å². The Morgan fingerprint density at radius 2 is 2.15 bits per heavy atom. The number of aromatic hydroxyl groups is 1. The van der Waals surface area contributed by atoms with Crippen LogP contribution in [0.2, 0.25) is 0 Å². The molecule has 0 spiro atoms. The molecule has 1 aromatic rings. The molecule has 1 rings (SSSR count). The van der Waals surface area contributed by atoms with Crippen LogP contribution in [0.5, 0.6) is 5.75 Å².